The zero-order valence-electron chi connectivity index (χ0n) is 14.1. The number of hydrogen-bond acceptors (Lipinski definition) is 3. The van der Waals surface area contributed by atoms with E-state index in [0.29, 0.717) is 5.56 Å². The van der Waals surface area contributed by atoms with Crippen LogP contribution in [0.5, 0.6) is 5.75 Å². The Hall–Kier alpha value is -3.07. The highest BCUT2D eigenvalue weighted by molar-refractivity contribution is 5.90. The first-order valence-corrected chi connectivity index (χ1v) is 8.33. The largest absolute Gasteiger partial charge is 0.508 e. The number of esters is 1. The van der Waals surface area contributed by atoms with Crippen molar-refractivity contribution in [2.75, 3.05) is 0 Å². The molecule has 0 aliphatic rings. The minimum atomic E-state index is -0.326. The average molecular weight is 332 g/mol. The molecule has 3 aromatic rings. The Balaban J connectivity index is 1.73. The van der Waals surface area contributed by atoms with E-state index in [1.807, 2.05) is 61.5 Å². The Morgan fingerprint density at radius 2 is 1.44 bits per heavy atom. The van der Waals surface area contributed by atoms with E-state index in [1.54, 1.807) is 24.3 Å². The van der Waals surface area contributed by atoms with Crippen LogP contribution in [-0.2, 0) is 4.74 Å². The van der Waals surface area contributed by atoms with Gasteiger partial charge in [-0.05, 0) is 47.4 Å². The molecule has 0 saturated carbocycles. The van der Waals surface area contributed by atoms with Crippen LogP contribution >= 0.6 is 0 Å². The molecule has 0 saturated heterocycles. The van der Waals surface area contributed by atoms with Gasteiger partial charge in [-0.1, -0.05) is 61.5 Å². The summed E-state index contributed by atoms with van der Waals surface area (Å²) in [5.74, 6) is -0.0940. The summed E-state index contributed by atoms with van der Waals surface area (Å²) in [6.07, 6.45) is 0.479. The van der Waals surface area contributed by atoms with Crippen molar-refractivity contribution < 1.29 is 14.6 Å². The topological polar surface area (TPSA) is 46.5 Å². The van der Waals surface area contributed by atoms with E-state index >= 15 is 0 Å². The first-order chi connectivity index (χ1) is 12.2. The molecule has 3 nitrogen and oxygen atoms in total. The number of benzene rings is 3. The van der Waals surface area contributed by atoms with E-state index < -0.39 is 0 Å². The monoisotopic (exact) mass is 332 g/mol. The Labute approximate surface area is 147 Å². The van der Waals surface area contributed by atoms with Gasteiger partial charge in [-0.3, -0.25) is 0 Å². The smallest absolute Gasteiger partial charge is 0.338 e. The predicted molar refractivity (Wildman–Crippen MR) is 98.4 cm³/mol. The minimum Gasteiger partial charge on any atom is -0.508 e. The van der Waals surface area contributed by atoms with E-state index in [9.17, 15) is 9.90 Å². The maximum absolute atomic E-state index is 12.4. The van der Waals surface area contributed by atoms with Gasteiger partial charge in [0, 0.05) is 0 Å². The molecule has 25 heavy (non-hydrogen) atoms. The lowest BCUT2D eigenvalue weighted by Crippen LogP contribution is -2.11. The summed E-state index contributed by atoms with van der Waals surface area (Å²) >= 11 is 0. The second kappa shape index (κ2) is 7.67. The molecule has 1 atom stereocenters. The number of rotatable bonds is 5. The van der Waals surface area contributed by atoms with Crippen molar-refractivity contribution in [3.63, 3.8) is 0 Å². The lowest BCUT2D eigenvalue weighted by Gasteiger charge is -2.16. The molecule has 0 spiro atoms. The van der Waals surface area contributed by atoms with Gasteiger partial charge in [-0.2, -0.15) is 0 Å². The molecule has 3 rings (SSSR count). The van der Waals surface area contributed by atoms with Gasteiger partial charge < -0.3 is 9.84 Å². The summed E-state index contributed by atoms with van der Waals surface area (Å²) in [4.78, 5) is 12.4. The van der Waals surface area contributed by atoms with Crippen molar-refractivity contribution in [3.8, 4) is 16.9 Å². The second-order valence-electron chi connectivity index (χ2n) is 5.84. The maximum Gasteiger partial charge on any atom is 0.338 e. The molecular formula is C22H20O3. The number of ether oxygens (including phenoxy) is 1. The quantitative estimate of drug-likeness (QED) is 0.639. The lowest BCUT2D eigenvalue weighted by molar-refractivity contribution is 0.0288. The molecule has 0 amide bonds. The molecular weight excluding hydrogens is 312 g/mol. The van der Waals surface area contributed by atoms with Gasteiger partial charge in [0.05, 0.1) is 5.56 Å². The van der Waals surface area contributed by atoms with Gasteiger partial charge >= 0.3 is 5.97 Å². The summed E-state index contributed by atoms with van der Waals surface area (Å²) in [6.45, 7) is 2.00. The summed E-state index contributed by atoms with van der Waals surface area (Å²) in [5.41, 5.74) is 3.48. The SMILES string of the molecule is CCC(OC(=O)c1ccc(-c2ccc(O)cc2)cc1)c1ccccc1. The first-order valence-electron chi connectivity index (χ1n) is 8.33. The van der Waals surface area contributed by atoms with Crippen LogP contribution in [0.3, 0.4) is 0 Å². The fourth-order valence-corrected chi connectivity index (χ4v) is 2.70. The van der Waals surface area contributed by atoms with Gasteiger partial charge in [0.2, 0.25) is 0 Å². The Morgan fingerprint density at radius 1 is 0.880 bits per heavy atom. The molecule has 0 bridgehead atoms. The zero-order valence-corrected chi connectivity index (χ0v) is 14.1. The summed E-state index contributed by atoms with van der Waals surface area (Å²) < 4.78 is 5.66. The van der Waals surface area contributed by atoms with Crippen LogP contribution in [0, 0.1) is 0 Å². The number of phenolic OH excluding ortho intramolecular Hbond substituents is 1. The number of phenols is 1. The third kappa shape index (κ3) is 4.07. The lowest BCUT2D eigenvalue weighted by atomic mass is 10.0. The van der Waals surface area contributed by atoms with Crippen molar-refractivity contribution in [1.29, 1.82) is 0 Å². The van der Waals surface area contributed by atoms with Gasteiger partial charge in [-0.25, -0.2) is 4.79 Å². The molecule has 1 unspecified atom stereocenters. The number of hydrogen-bond donors (Lipinski definition) is 1. The van der Waals surface area contributed by atoms with E-state index in [1.165, 1.54) is 0 Å². The van der Waals surface area contributed by atoms with Crippen LogP contribution in [0.15, 0.2) is 78.9 Å². The standard InChI is InChI=1S/C22H20O3/c1-2-21(18-6-4-3-5-7-18)25-22(24)19-10-8-16(9-11-19)17-12-14-20(23)15-13-17/h3-15,21,23H,2H2,1H3. The van der Waals surface area contributed by atoms with Crippen LogP contribution in [-0.4, -0.2) is 11.1 Å². The fourth-order valence-electron chi connectivity index (χ4n) is 2.70. The van der Waals surface area contributed by atoms with E-state index in [2.05, 4.69) is 0 Å². The second-order valence-corrected chi connectivity index (χ2v) is 5.84. The Bertz CT molecular complexity index is 821. The summed E-state index contributed by atoms with van der Waals surface area (Å²) in [5, 5.41) is 9.36. The highest BCUT2D eigenvalue weighted by Crippen LogP contribution is 2.25. The molecule has 0 heterocycles. The molecule has 3 aromatic carbocycles. The van der Waals surface area contributed by atoms with Crippen LogP contribution in [0.2, 0.25) is 0 Å². The van der Waals surface area contributed by atoms with Gasteiger partial charge in [0.1, 0.15) is 11.9 Å². The molecule has 1 N–H and O–H groups in total. The highest BCUT2D eigenvalue weighted by Gasteiger charge is 2.16. The zero-order chi connectivity index (χ0) is 17.6. The molecule has 0 aromatic heterocycles. The third-order valence-corrected chi connectivity index (χ3v) is 4.11. The van der Waals surface area contributed by atoms with Crippen molar-refractivity contribution in [1.82, 2.24) is 0 Å². The molecule has 0 aliphatic heterocycles. The van der Waals surface area contributed by atoms with Crippen LogP contribution in [0.4, 0.5) is 0 Å². The van der Waals surface area contributed by atoms with E-state index in [-0.39, 0.29) is 17.8 Å². The number of carbonyl (C=O) groups is 1. The molecule has 0 fully saturated rings. The van der Waals surface area contributed by atoms with Crippen molar-refractivity contribution >= 4 is 5.97 Å². The average Bonchev–Trinajstić information content (AvgIpc) is 2.67. The molecule has 126 valence electrons. The Kier molecular flexibility index (Phi) is 5.14. The van der Waals surface area contributed by atoms with Gasteiger partial charge in [0.25, 0.3) is 0 Å². The Morgan fingerprint density at radius 3 is 2.00 bits per heavy atom. The first kappa shape index (κ1) is 16.8. The van der Waals surface area contributed by atoms with E-state index in [4.69, 9.17) is 4.74 Å². The van der Waals surface area contributed by atoms with Crippen LogP contribution < -0.4 is 0 Å². The van der Waals surface area contributed by atoms with Gasteiger partial charge in [0.15, 0.2) is 0 Å². The summed E-state index contributed by atoms with van der Waals surface area (Å²) in [6, 6.07) is 24.0. The van der Waals surface area contributed by atoms with Crippen LogP contribution in [0.1, 0.15) is 35.4 Å². The third-order valence-electron chi connectivity index (χ3n) is 4.11. The summed E-state index contributed by atoms with van der Waals surface area (Å²) in [7, 11) is 0. The van der Waals surface area contributed by atoms with Crippen LogP contribution in [0.25, 0.3) is 11.1 Å². The fraction of sp³-hybridized carbons (Fsp3) is 0.136. The van der Waals surface area contributed by atoms with Crippen molar-refractivity contribution in [2.45, 2.75) is 19.4 Å². The van der Waals surface area contributed by atoms with Crippen molar-refractivity contribution in [3.05, 3.63) is 90.0 Å². The molecule has 0 aliphatic carbocycles. The van der Waals surface area contributed by atoms with Crippen molar-refractivity contribution in [2.24, 2.45) is 0 Å². The highest BCUT2D eigenvalue weighted by atomic mass is 16.5. The molecule has 3 heteroatoms. The normalized spacial score (nSPS) is 11.7. The molecule has 0 radical (unpaired) electrons. The maximum atomic E-state index is 12.4. The number of carbonyl (C=O) groups excluding carboxylic acids is 1. The number of aromatic hydroxyl groups is 1. The minimum absolute atomic E-state index is 0.232. The predicted octanol–water partition coefficient (Wildman–Crippen LogP) is 5.37. The van der Waals surface area contributed by atoms with E-state index in [0.717, 1.165) is 23.1 Å². The van der Waals surface area contributed by atoms with Gasteiger partial charge in [-0.15, -0.1) is 0 Å².